The lowest BCUT2D eigenvalue weighted by atomic mass is 10.1. The molecular weight excluding hydrogens is 287 g/mol. The maximum absolute atomic E-state index is 12.6. The van der Waals surface area contributed by atoms with E-state index < -0.39 is 17.3 Å². The summed E-state index contributed by atoms with van der Waals surface area (Å²) in [5, 5.41) is 0. The number of amides is 1. The van der Waals surface area contributed by atoms with E-state index in [2.05, 4.69) is 0 Å². The van der Waals surface area contributed by atoms with E-state index in [0.717, 1.165) is 17.1 Å². The number of hydrogen-bond acceptors (Lipinski definition) is 3. The minimum atomic E-state index is -4.72. The van der Waals surface area contributed by atoms with E-state index in [1.54, 1.807) is 0 Å². The molecule has 1 aliphatic rings. The summed E-state index contributed by atoms with van der Waals surface area (Å²) in [4.78, 5) is 25.3. The van der Waals surface area contributed by atoms with Crippen LogP contribution in [0.5, 0.6) is 0 Å². The Morgan fingerprint density at radius 1 is 1.43 bits per heavy atom. The Kier molecular flexibility index (Phi) is 4.36. The summed E-state index contributed by atoms with van der Waals surface area (Å²) in [5.41, 5.74) is 3.06. The van der Waals surface area contributed by atoms with Crippen LogP contribution in [0.25, 0.3) is 0 Å². The number of pyridine rings is 1. The molecule has 1 aromatic heterocycles. The van der Waals surface area contributed by atoms with Crippen LogP contribution >= 0.6 is 0 Å². The highest BCUT2D eigenvalue weighted by molar-refractivity contribution is 5.76. The Bertz CT molecular complexity index is 583. The first-order valence-electron chi connectivity index (χ1n) is 6.57. The molecule has 2 heterocycles. The fourth-order valence-electron chi connectivity index (χ4n) is 2.37. The van der Waals surface area contributed by atoms with Crippen molar-refractivity contribution in [1.29, 1.82) is 0 Å². The van der Waals surface area contributed by atoms with Crippen LogP contribution in [0.15, 0.2) is 23.1 Å². The highest BCUT2D eigenvalue weighted by atomic mass is 19.4. The van der Waals surface area contributed by atoms with Crippen molar-refractivity contribution in [1.82, 2.24) is 9.47 Å². The molecule has 0 unspecified atom stereocenters. The summed E-state index contributed by atoms with van der Waals surface area (Å²) >= 11 is 0. The molecule has 8 heteroatoms. The molecule has 1 amide bonds. The Labute approximate surface area is 119 Å². The van der Waals surface area contributed by atoms with Crippen LogP contribution in [0.3, 0.4) is 0 Å². The first-order valence-corrected chi connectivity index (χ1v) is 6.57. The topological polar surface area (TPSA) is 68.3 Å². The molecule has 1 aromatic rings. The van der Waals surface area contributed by atoms with E-state index in [-0.39, 0.29) is 18.4 Å². The maximum atomic E-state index is 12.6. The molecule has 1 aliphatic heterocycles. The molecule has 5 nitrogen and oxygen atoms in total. The van der Waals surface area contributed by atoms with Crippen LogP contribution in [0.1, 0.15) is 12.0 Å². The fourth-order valence-corrected chi connectivity index (χ4v) is 2.37. The number of carbonyl (C=O) groups excluding carboxylic acids is 1. The summed E-state index contributed by atoms with van der Waals surface area (Å²) in [5.74, 6) is -0.153. The molecule has 116 valence electrons. The lowest BCUT2D eigenvalue weighted by Gasteiger charge is -2.17. The number of carbonyl (C=O) groups is 1. The third kappa shape index (κ3) is 3.44. The van der Waals surface area contributed by atoms with Gasteiger partial charge in [0.15, 0.2) is 0 Å². The largest absolute Gasteiger partial charge is 0.421 e. The SMILES string of the molecule is NC[C@@H]1CCN(C(=O)Cn2cccc(C(F)(F)F)c2=O)C1. The molecule has 0 bridgehead atoms. The van der Waals surface area contributed by atoms with E-state index in [1.807, 2.05) is 0 Å². The van der Waals surface area contributed by atoms with Crippen molar-refractivity contribution >= 4 is 5.91 Å². The van der Waals surface area contributed by atoms with Crippen LogP contribution in [-0.4, -0.2) is 35.0 Å². The number of aromatic nitrogens is 1. The van der Waals surface area contributed by atoms with Gasteiger partial charge in [-0.05, 0) is 31.0 Å². The zero-order chi connectivity index (χ0) is 15.6. The van der Waals surface area contributed by atoms with Gasteiger partial charge >= 0.3 is 6.18 Å². The normalized spacial score (nSPS) is 19.0. The second kappa shape index (κ2) is 5.88. The number of hydrogen-bond donors (Lipinski definition) is 1. The van der Waals surface area contributed by atoms with Gasteiger partial charge < -0.3 is 15.2 Å². The fraction of sp³-hybridized carbons (Fsp3) is 0.538. The number of halogens is 3. The van der Waals surface area contributed by atoms with Gasteiger partial charge in [-0.1, -0.05) is 0 Å². The minimum Gasteiger partial charge on any atom is -0.341 e. The lowest BCUT2D eigenvalue weighted by Crippen LogP contribution is -2.37. The molecule has 2 N–H and O–H groups in total. The van der Waals surface area contributed by atoms with Gasteiger partial charge in [0.2, 0.25) is 5.91 Å². The Morgan fingerprint density at radius 2 is 2.14 bits per heavy atom. The Hall–Kier alpha value is -1.83. The molecule has 0 saturated carbocycles. The van der Waals surface area contributed by atoms with Crippen LogP contribution in [0.4, 0.5) is 13.2 Å². The second-order valence-electron chi connectivity index (χ2n) is 5.08. The molecule has 0 aromatic carbocycles. The molecule has 2 rings (SSSR count). The molecule has 1 saturated heterocycles. The van der Waals surface area contributed by atoms with Crippen molar-refractivity contribution < 1.29 is 18.0 Å². The van der Waals surface area contributed by atoms with E-state index in [4.69, 9.17) is 5.73 Å². The average Bonchev–Trinajstić information content (AvgIpc) is 2.88. The molecule has 0 radical (unpaired) electrons. The Morgan fingerprint density at radius 3 is 2.71 bits per heavy atom. The maximum Gasteiger partial charge on any atom is 0.421 e. The Balaban J connectivity index is 2.14. The van der Waals surface area contributed by atoms with Crippen LogP contribution in [-0.2, 0) is 17.5 Å². The number of likely N-dealkylation sites (tertiary alicyclic amines) is 1. The van der Waals surface area contributed by atoms with Gasteiger partial charge in [-0.3, -0.25) is 9.59 Å². The average molecular weight is 303 g/mol. The third-order valence-electron chi connectivity index (χ3n) is 3.60. The van der Waals surface area contributed by atoms with Gasteiger partial charge in [-0.15, -0.1) is 0 Å². The van der Waals surface area contributed by atoms with Crippen molar-refractivity contribution in [2.75, 3.05) is 19.6 Å². The van der Waals surface area contributed by atoms with Crippen molar-refractivity contribution in [3.63, 3.8) is 0 Å². The highest BCUT2D eigenvalue weighted by Crippen LogP contribution is 2.26. The van der Waals surface area contributed by atoms with Crippen LogP contribution < -0.4 is 11.3 Å². The zero-order valence-corrected chi connectivity index (χ0v) is 11.3. The van der Waals surface area contributed by atoms with Gasteiger partial charge in [-0.25, -0.2) is 0 Å². The van der Waals surface area contributed by atoms with Gasteiger partial charge in [-0.2, -0.15) is 13.2 Å². The molecule has 21 heavy (non-hydrogen) atoms. The van der Waals surface area contributed by atoms with E-state index in [0.29, 0.717) is 25.7 Å². The summed E-state index contributed by atoms with van der Waals surface area (Å²) in [6, 6.07) is 1.83. The summed E-state index contributed by atoms with van der Waals surface area (Å²) in [7, 11) is 0. The van der Waals surface area contributed by atoms with Crippen LogP contribution in [0.2, 0.25) is 0 Å². The van der Waals surface area contributed by atoms with E-state index in [9.17, 15) is 22.8 Å². The van der Waals surface area contributed by atoms with E-state index >= 15 is 0 Å². The summed E-state index contributed by atoms with van der Waals surface area (Å²) in [6.45, 7) is 1.09. The summed E-state index contributed by atoms with van der Waals surface area (Å²) < 4.78 is 38.7. The first-order chi connectivity index (χ1) is 9.82. The quantitative estimate of drug-likeness (QED) is 0.892. The minimum absolute atomic E-state index is 0.215. The molecule has 0 aliphatic carbocycles. The predicted molar refractivity (Wildman–Crippen MR) is 69.4 cm³/mol. The first kappa shape index (κ1) is 15.6. The van der Waals surface area contributed by atoms with Crippen molar-refractivity contribution in [2.45, 2.75) is 19.1 Å². The molecule has 0 spiro atoms. The van der Waals surface area contributed by atoms with Crippen molar-refractivity contribution in [3.05, 3.63) is 34.2 Å². The number of rotatable bonds is 3. The van der Waals surface area contributed by atoms with Gasteiger partial charge in [0.25, 0.3) is 5.56 Å². The van der Waals surface area contributed by atoms with Crippen molar-refractivity contribution in [3.8, 4) is 0 Å². The second-order valence-corrected chi connectivity index (χ2v) is 5.08. The highest BCUT2D eigenvalue weighted by Gasteiger charge is 2.34. The number of alkyl halides is 3. The zero-order valence-electron chi connectivity index (χ0n) is 11.3. The molecule has 1 atom stereocenters. The summed E-state index contributed by atoms with van der Waals surface area (Å²) in [6.07, 6.45) is -2.76. The van der Waals surface area contributed by atoms with Gasteiger partial charge in [0.05, 0.1) is 0 Å². The van der Waals surface area contributed by atoms with Crippen LogP contribution in [0, 0.1) is 5.92 Å². The van der Waals surface area contributed by atoms with Gasteiger partial charge in [0.1, 0.15) is 12.1 Å². The van der Waals surface area contributed by atoms with Gasteiger partial charge in [0, 0.05) is 19.3 Å². The van der Waals surface area contributed by atoms with Crippen molar-refractivity contribution in [2.24, 2.45) is 11.7 Å². The predicted octanol–water partition coefficient (Wildman–Crippen LogP) is 0.674. The molecule has 1 fully saturated rings. The monoisotopic (exact) mass is 303 g/mol. The standard InChI is InChI=1S/C13H16F3N3O2/c14-13(15,16)10-2-1-4-19(12(10)21)8-11(20)18-5-3-9(6-17)7-18/h1-2,4,9H,3,5-8,17H2/t9-/m0/s1. The lowest BCUT2D eigenvalue weighted by molar-refractivity contribution is -0.139. The van der Waals surface area contributed by atoms with E-state index in [1.165, 1.54) is 11.1 Å². The smallest absolute Gasteiger partial charge is 0.341 e. The number of nitrogens with two attached hydrogens (primary N) is 1. The molecular formula is C13H16F3N3O2. The number of nitrogens with zero attached hydrogens (tertiary/aromatic N) is 2. The third-order valence-corrected chi connectivity index (χ3v) is 3.60.